The highest BCUT2D eigenvalue weighted by Gasteiger charge is 2.14. The number of methoxy groups -OCH3 is 1. The van der Waals surface area contributed by atoms with Crippen molar-refractivity contribution in [3.8, 4) is 0 Å². The summed E-state index contributed by atoms with van der Waals surface area (Å²) in [6.07, 6.45) is 0. The second-order valence-electron chi connectivity index (χ2n) is 4.25. The van der Waals surface area contributed by atoms with Crippen LogP contribution in [0.2, 0.25) is 5.02 Å². The summed E-state index contributed by atoms with van der Waals surface area (Å²) in [5, 5.41) is 5.06. The van der Waals surface area contributed by atoms with E-state index in [1.807, 2.05) is 0 Å². The van der Waals surface area contributed by atoms with Crippen molar-refractivity contribution in [3.05, 3.63) is 34.6 Å². The molecule has 2 N–H and O–H groups in total. The number of amides is 2. The number of nitrogens with one attached hydrogen (secondary N) is 2. The molecule has 6 nitrogen and oxygen atoms in total. The molecule has 0 spiro atoms. The van der Waals surface area contributed by atoms with Gasteiger partial charge in [0.05, 0.1) is 23.8 Å². The zero-order chi connectivity index (χ0) is 16.4. The van der Waals surface area contributed by atoms with Crippen LogP contribution in [-0.2, 0) is 14.3 Å². The van der Waals surface area contributed by atoms with Gasteiger partial charge in [0, 0.05) is 20.2 Å². The molecule has 8 heteroatoms. The second-order valence-corrected chi connectivity index (χ2v) is 4.66. The van der Waals surface area contributed by atoms with Crippen molar-refractivity contribution in [2.24, 2.45) is 0 Å². The summed E-state index contributed by atoms with van der Waals surface area (Å²) in [4.78, 5) is 23.1. The van der Waals surface area contributed by atoms with Gasteiger partial charge in [-0.1, -0.05) is 17.7 Å². The minimum Gasteiger partial charge on any atom is -0.382 e. The van der Waals surface area contributed by atoms with E-state index in [9.17, 15) is 14.0 Å². The molecule has 0 heterocycles. The minimum absolute atomic E-state index is 0.0353. The number of halogens is 2. The third kappa shape index (κ3) is 6.38. The molecule has 0 aromatic heterocycles. The van der Waals surface area contributed by atoms with Gasteiger partial charge >= 0.3 is 0 Å². The van der Waals surface area contributed by atoms with E-state index in [1.54, 1.807) is 0 Å². The first-order chi connectivity index (χ1) is 10.6. The molecule has 0 radical (unpaired) electrons. The van der Waals surface area contributed by atoms with Gasteiger partial charge in [0.15, 0.2) is 0 Å². The van der Waals surface area contributed by atoms with Crippen LogP contribution < -0.4 is 10.6 Å². The molecule has 0 bridgehead atoms. The lowest BCUT2D eigenvalue weighted by molar-refractivity contribution is -0.126. The van der Waals surface area contributed by atoms with Crippen molar-refractivity contribution in [1.29, 1.82) is 0 Å². The average molecular weight is 333 g/mol. The molecule has 1 aromatic carbocycles. The van der Waals surface area contributed by atoms with E-state index in [0.29, 0.717) is 13.2 Å². The van der Waals surface area contributed by atoms with Gasteiger partial charge in [-0.2, -0.15) is 0 Å². The van der Waals surface area contributed by atoms with E-state index >= 15 is 0 Å². The van der Waals surface area contributed by atoms with Gasteiger partial charge in [-0.05, 0) is 12.1 Å². The van der Waals surface area contributed by atoms with E-state index < -0.39 is 11.7 Å². The number of hydrogen-bond donors (Lipinski definition) is 2. The second kappa shape index (κ2) is 10.1. The van der Waals surface area contributed by atoms with Crippen LogP contribution in [0.5, 0.6) is 0 Å². The predicted octanol–water partition coefficient (Wildman–Crippen LogP) is 0.988. The van der Waals surface area contributed by atoms with Crippen molar-refractivity contribution in [3.63, 3.8) is 0 Å². The predicted molar refractivity (Wildman–Crippen MR) is 79.4 cm³/mol. The fourth-order valence-corrected chi connectivity index (χ4v) is 1.79. The fraction of sp³-hybridized carbons (Fsp3) is 0.429. The minimum atomic E-state index is -0.694. The zero-order valence-corrected chi connectivity index (χ0v) is 12.9. The van der Waals surface area contributed by atoms with Gasteiger partial charge in [-0.15, -0.1) is 0 Å². The molecule has 0 fully saturated rings. The van der Waals surface area contributed by atoms with Gasteiger partial charge in [0.1, 0.15) is 12.4 Å². The first-order valence-electron chi connectivity index (χ1n) is 6.62. The fourth-order valence-electron chi connectivity index (χ4n) is 1.54. The number of ether oxygens (including phenoxy) is 2. The average Bonchev–Trinajstić information content (AvgIpc) is 2.48. The van der Waals surface area contributed by atoms with E-state index in [-0.39, 0.29) is 36.2 Å². The Bertz CT molecular complexity index is 493. The summed E-state index contributed by atoms with van der Waals surface area (Å²) in [5.74, 6) is -1.64. The van der Waals surface area contributed by atoms with E-state index in [4.69, 9.17) is 21.1 Å². The summed E-state index contributed by atoms with van der Waals surface area (Å²) in [7, 11) is 1.54. The quantitative estimate of drug-likeness (QED) is 0.661. The Morgan fingerprint density at radius 2 is 1.95 bits per heavy atom. The molecule has 0 aliphatic rings. The van der Waals surface area contributed by atoms with Crippen molar-refractivity contribution in [2.75, 3.05) is 40.0 Å². The molecule has 0 aliphatic heterocycles. The van der Waals surface area contributed by atoms with Crippen LogP contribution in [0.25, 0.3) is 0 Å². The Balaban J connectivity index is 2.24. The van der Waals surface area contributed by atoms with Gasteiger partial charge in [0.25, 0.3) is 5.91 Å². The molecular weight excluding hydrogens is 315 g/mol. The highest BCUT2D eigenvalue weighted by molar-refractivity contribution is 6.33. The maximum atomic E-state index is 13.5. The van der Waals surface area contributed by atoms with Crippen LogP contribution in [0.4, 0.5) is 4.39 Å². The van der Waals surface area contributed by atoms with E-state index in [1.165, 1.54) is 19.2 Å². The molecule has 0 atom stereocenters. The summed E-state index contributed by atoms with van der Waals surface area (Å²) in [6.45, 7) is 0.993. The van der Waals surface area contributed by atoms with Gasteiger partial charge < -0.3 is 20.1 Å². The summed E-state index contributed by atoms with van der Waals surface area (Å²) >= 11 is 5.77. The number of hydrogen-bond acceptors (Lipinski definition) is 4. The van der Waals surface area contributed by atoms with Crippen molar-refractivity contribution >= 4 is 23.4 Å². The maximum absolute atomic E-state index is 13.5. The van der Waals surface area contributed by atoms with Crippen LogP contribution in [0, 0.1) is 5.82 Å². The Morgan fingerprint density at radius 1 is 1.23 bits per heavy atom. The first kappa shape index (κ1) is 18.3. The van der Waals surface area contributed by atoms with Crippen molar-refractivity contribution < 1.29 is 23.5 Å². The lowest BCUT2D eigenvalue weighted by Crippen LogP contribution is -2.36. The molecule has 122 valence electrons. The third-order valence-electron chi connectivity index (χ3n) is 2.59. The van der Waals surface area contributed by atoms with Crippen LogP contribution in [0.15, 0.2) is 18.2 Å². The summed E-state index contributed by atoms with van der Waals surface area (Å²) in [5.41, 5.74) is -0.210. The summed E-state index contributed by atoms with van der Waals surface area (Å²) in [6, 6.07) is 4.00. The molecule has 1 rings (SSSR count). The largest absolute Gasteiger partial charge is 0.382 e. The Hall–Kier alpha value is -1.70. The Morgan fingerprint density at radius 3 is 2.64 bits per heavy atom. The zero-order valence-electron chi connectivity index (χ0n) is 12.2. The van der Waals surface area contributed by atoms with Crippen LogP contribution in [0.3, 0.4) is 0 Å². The third-order valence-corrected chi connectivity index (χ3v) is 2.90. The lowest BCUT2D eigenvalue weighted by atomic mass is 10.2. The topological polar surface area (TPSA) is 76.7 Å². The molecule has 22 heavy (non-hydrogen) atoms. The van der Waals surface area contributed by atoms with Crippen LogP contribution in [0.1, 0.15) is 10.4 Å². The lowest BCUT2D eigenvalue weighted by Gasteiger charge is -2.09. The SMILES string of the molecule is COCCOCC(=O)NCCNC(=O)c1c(F)cccc1Cl. The maximum Gasteiger partial charge on any atom is 0.255 e. The summed E-state index contributed by atoms with van der Waals surface area (Å²) < 4.78 is 23.3. The molecule has 2 amide bonds. The molecule has 0 saturated carbocycles. The molecule has 0 saturated heterocycles. The van der Waals surface area contributed by atoms with Gasteiger partial charge in [-0.25, -0.2) is 4.39 Å². The number of rotatable bonds is 9. The van der Waals surface area contributed by atoms with Crippen molar-refractivity contribution in [1.82, 2.24) is 10.6 Å². The molecule has 0 unspecified atom stereocenters. The van der Waals surface area contributed by atoms with Gasteiger partial charge in [-0.3, -0.25) is 9.59 Å². The normalized spacial score (nSPS) is 10.3. The van der Waals surface area contributed by atoms with Crippen LogP contribution in [-0.4, -0.2) is 51.8 Å². The Kier molecular flexibility index (Phi) is 8.42. The van der Waals surface area contributed by atoms with Crippen molar-refractivity contribution in [2.45, 2.75) is 0 Å². The smallest absolute Gasteiger partial charge is 0.255 e. The standard InChI is InChI=1S/C14H18ClFN2O4/c1-21-7-8-22-9-12(19)17-5-6-18-14(20)13-10(15)3-2-4-11(13)16/h2-4H,5-9H2,1H3,(H,17,19)(H,18,20). The highest BCUT2D eigenvalue weighted by atomic mass is 35.5. The monoisotopic (exact) mass is 332 g/mol. The van der Waals surface area contributed by atoms with Crippen LogP contribution >= 0.6 is 11.6 Å². The molecule has 0 aliphatic carbocycles. The molecular formula is C14H18ClFN2O4. The first-order valence-corrected chi connectivity index (χ1v) is 6.99. The Labute approximate surface area is 132 Å². The number of carbonyl (C=O) groups excluding carboxylic acids is 2. The van der Waals surface area contributed by atoms with E-state index in [0.717, 1.165) is 6.07 Å². The highest BCUT2D eigenvalue weighted by Crippen LogP contribution is 2.18. The molecule has 1 aromatic rings. The number of carbonyl (C=O) groups is 2. The van der Waals surface area contributed by atoms with Gasteiger partial charge in [0.2, 0.25) is 5.91 Å². The van der Waals surface area contributed by atoms with E-state index in [2.05, 4.69) is 10.6 Å². The number of benzene rings is 1.